The van der Waals surface area contributed by atoms with Crippen LogP contribution in [0.25, 0.3) is 0 Å². The van der Waals surface area contributed by atoms with Crippen LogP contribution in [0.1, 0.15) is 16.8 Å². The molecule has 1 N–H and O–H groups in total. The first-order valence-electron chi connectivity index (χ1n) is 5.53. The van der Waals surface area contributed by atoms with Crippen molar-refractivity contribution in [3.05, 3.63) is 27.7 Å². The summed E-state index contributed by atoms with van der Waals surface area (Å²) in [7, 11) is 0. The predicted molar refractivity (Wildman–Crippen MR) is 74.8 cm³/mol. The van der Waals surface area contributed by atoms with Gasteiger partial charge in [-0.15, -0.1) is 11.8 Å². The molecule has 2 rings (SSSR count). The third-order valence-electron chi connectivity index (χ3n) is 2.92. The van der Waals surface area contributed by atoms with E-state index in [1.165, 1.54) is 11.8 Å². The highest BCUT2D eigenvalue weighted by Gasteiger charge is 2.27. The molecule has 18 heavy (non-hydrogen) atoms. The molecule has 1 aromatic carbocycles. The number of aliphatic hydroxyl groups is 1. The van der Waals surface area contributed by atoms with E-state index in [1.54, 1.807) is 17.0 Å². The maximum absolute atomic E-state index is 12.3. The van der Waals surface area contributed by atoms with Crippen molar-refractivity contribution in [1.29, 1.82) is 0 Å². The molecule has 1 aliphatic heterocycles. The highest BCUT2D eigenvalue weighted by molar-refractivity contribution is 7.98. The third kappa shape index (κ3) is 2.77. The lowest BCUT2D eigenvalue weighted by molar-refractivity contribution is 0.0765. The van der Waals surface area contributed by atoms with Crippen LogP contribution in [0.5, 0.6) is 0 Å². The van der Waals surface area contributed by atoms with E-state index in [4.69, 9.17) is 23.2 Å². The number of β-amino-alcohol motifs (C(OH)–C–C–N with tert-alkyl or cyclic N) is 1. The van der Waals surface area contributed by atoms with E-state index in [1.807, 2.05) is 6.26 Å². The fraction of sp³-hybridized carbons (Fsp3) is 0.417. The summed E-state index contributed by atoms with van der Waals surface area (Å²) in [5.41, 5.74) is 0.444. The van der Waals surface area contributed by atoms with Gasteiger partial charge in [0, 0.05) is 18.0 Å². The smallest absolute Gasteiger partial charge is 0.255 e. The van der Waals surface area contributed by atoms with Gasteiger partial charge in [-0.05, 0) is 24.8 Å². The van der Waals surface area contributed by atoms with Crippen molar-refractivity contribution in [3.63, 3.8) is 0 Å². The minimum Gasteiger partial charge on any atom is -0.391 e. The van der Waals surface area contributed by atoms with Gasteiger partial charge in [-0.1, -0.05) is 23.2 Å². The van der Waals surface area contributed by atoms with Crippen molar-refractivity contribution >= 4 is 40.9 Å². The van der Waals surface area contributed by atoms with Gasteiger partial charge >= 0.3 is 0 Å². The van der Waals surface area contributed by atoms with E-state index < -0.39 is 6.10 Å². The topological polar surface area (TPSA) is 40.5 Å². The average Bonchev–Trinajstić information content (AvgIpc) is 2.75. The Morgan fingerprint density at radius 2 is 2.17 bits per heavy atom. The molecule has 6 heteroatoms. The number of rotatable bonds is 2. The second kappa shape index (κ2) is 5.70. The number of amides is 1. The monoisotopic (exact) mass is 305 g/mol. The number of hydrogen-bond donors (Lipinski definition) is 1. The summed E-state index contributed by atoms with van der Waals surface area (Å²) in [4.78, 5) is 14.7. The fourth-order valence-electron chi connectivity index (χ4n) is 1.95. The van der Waals surface area contributed by atoms with Crippen LogP contribution in [-0.4, -0.2) is 41.4 Å². The Hall–Kier alpha value is -0.420. The Labute approximate surface area is 120 Å². The van der Waals surface area contributed by atoms with Gasteiger partial charge in [-0.3, -0.25) is 4.79 Å². The van der Waals surface area contributed by atoms with Crippen molar-refractivity contribution in [2.45, 2.75) is 17.4 Å². The van der Waals surface area contributed by atoms with Gasteiger partial charge in [0.2, 0.25) is 0 Å². The van der Waals surface area contributed by atoms with Crippen molar-refractivity contribution in [1.82, 2.24) is 4.90 Å². The molecule has 98 valence electrons. The highest BCUT2D eigenvalue weighted by Crippen LogP contribution is 2.32. The van der Waals surface area contributed by atoms with Crippen molar-refractivity contribution in [2.75, 3.05) is 19.3 Å². The first-order valence-corrected chi connectivity index (χ1v) is 7.51. The van der Waals surface area contributed by atoms with Crippen molar-refractivity contribution in [2.24, 2.45) is 0 Å². The zero-order chi connectivity index (χ0) is 13.3. The third-order valence-corrected chi connectivity index (χ3v) is 4.44. The maximum atomic E-state index is 12.3. The normalized spacial score (nSPS) is 19.3. The average molecular weight is 306 g/mol. The quantitative estimate of drug-likeness (QED) is 0.854. The van der Waals surface area contributed by atoms with Crippen LogP contribution < -0.4 is 0 Å². The Kier molecular flexibility index (Phi) is 4.43. The van der Waals surface area contributed by atoms with Gasteiger partial charge < -0.3 is 10.0 Å². The maximum Gasteiger partial charge on any atom is 0.255 e. The molecule has 0 saturated carbocycles. The summed E-state index contributed by atoms with van der Waals surface area (Å²) in [6.45, 7) is 0.931. The molecule has 0 aromatic heterocycles. The number of halogens is 2. The van der Waals surface area contributed by atoms with Crippen LogP contribution in [0.15, 0.2) is 17.0 Å². The van der Waals surface area contributed by atoms with Gasteiger partial charge in [0.05, 0.1) is 21.7 Å². The summed E-state index contributed by atoms with van der Waals surface area (Å²) >= 11 is 13.6. The minimum atomic E-state index is -0.431. The van der Waals surface area contributed by atoms with Crippen LogP contribution in [0.4, 0.5) is 0 Å². The first kappa shape index (κ1) is 14.0. The molecule has 1 heterocycles. The molecular weight excluding hydrogens is 293 g/mol. The summed E-state index contributed by atoms with van der Waals surface area (Å²) in [6.07, 6.45) is 2.08. The second-order valence-electron chi connectivity index (χ2n) is 4.16. The number of aliphatic hydroxyl groups excluding tert-OH is 1. The van der Waals surface area contributed by atoms with Crippen LogP contribution in [-0.2, 0) is 0 Å². The first-order chi connectivity index (χ1) is 8.52. The lowest BCUT2D eigenvalue weighted by atomic mass is 10.2. The molecule has 1 saturated heterocycles. The Balaban J connectivity index is 2.30. The van der Waals surface area contributed by atoms with E-state index in [0.717, 1.165) is 4.90 Å². The molecule has 1 atom stereocenters. The summed E-state index contributed by atoms with van der Waals surface area (Å²) in [6, 6.07) is 3.30. The van der Waals surface area contributed by atoms with E-state index in [0.29, 0.717) is 35.1 Å². The number of nitrogens with zero attached hydrogens (tertiary/aromatic N) is 1. The molecule has 0 bridgehead atoms. The fourth-order valence-corrected chi connectivity index (χ4v) is 3.13. The zero-order valence-corrected chi connectivity index (χ0v) is 12.1. The Morgan fingerprint density at radius 1 is 1.44 bits per heavy atom. The SMILES string of the molecule is CSc1cc(C(=O)N2CC[C@@H](O)C2)c(Cl)cc1Cl. The molecule has 1 fully saturated rings. The largest absolute Gasteiger partial charge is 0.391 e. The Morgan fingerprint density at radius 3 is 2.72 bits per heavy atom. The molecule has 0 radical (unpaired) electrons. The van der Waals surface area contributed by atoms with E-state index in [9.17, 15) is 9.90 Å². The number of likely N-dealkylation sites (tertiary alicyclic amines) is 1. The molecular formula is C12H13Cl2NO2S. The lowest BCUT2D eigenvalue weighted by Gasteiger charge is -2.17. The number of hydrogen-bond acceptors (Lipinski definition) is 3. The van der Waals surface area contributed by atoms with Crippen LogP contribution >= 0.6 is 35.0 Å². The lowest BCUT2D eigenvalue weighted by Crippen LogP contribution is -2.29. The number of benzene rings is 1. The summed E-state index contributed by atoms with van der Waals surface area (Å²) in [5, 5.41) is 10.4. The molecule has 1 amide bonds. The van der Waals surface area contributed by atoms with Crippen LogP contribution in [0.3, 0.4) is 0 Å². The van der Waals surface area contributed by atoms with Gasteiger partial charge in [0.25, 0.3) is 5.91 Å². The predicted octanol–water partition coefficient (Wildman–Crippen LogP) is 2.92. The molecule has 0 spiro atoms. The number of thioether (sulfide) groups is 1. The minimum absolute atomic E-state index is 0.150. The summed E-state index contributed by atoms with van der Waals surface area (Å²) in [5.74, 6) is -0.150. The standard InChI is InChI=1S/C12H13Cl2NO2S/c1-18-11-4-8(9(13)5-10(11)14)12(17)15-3-2-7(16)6-15/h4-5,7,16H,2-3,6H2,1H3/t7-/m1/s1. The van der Waals surface area contributed by atoms with Gasteiger partial charge in [-0.25, -0.2) is 0 Å². The molecule has 0 aliphatic carbocycles. The van der Waals surface area contributed by atoms with E-state index in [-0.39, 0.29) is 5.91 Å². The zero-order valence-electron chi connectivity index (χ0n) is 9.82. The van der Waals surface area contributed by atoms with E-state index >= 15 is 0 Å². The molecule has 0 unspecified atom stereocenters. The van der Waals surface area contributed by atoms with Crippen molar-refractivity contribution in [3.8, 4) is 0 Å². The van der Waals surface area contributed by atoms with Gasteiger partial charge in [0.1, 0.15) is 0 Å². The molecule has 3 nitrogen and oxygen atoms in total. The van der Waals surface area contributed by atoms with E-state index in [2.05, 4.69) is 0 Å². The van der Waals surface area contributed by atoms with Crippen LogP contribution in [0, 0.1) is 0 Å². The van der Waals surface area contributed by atoms with Crippen molar-refractivity contribution < 1.29 is 9.90 Å². The molecule has 1 aliphatic rings. The van der Waals surface area contributed by atoms with Gasteiger partial charge in [0.15, 0.2) is 0 Å². The Bertz CT molecular complexity index is 481. The number of carbonyl (C=O) groups is 1. The second-order valence-corrected chi connectivity index (χ2v) is 5.82. The van der Waals surface area contributed by atoms with Crippen LogP contribution in [0.2, 0.25) is 10.0 Å². The highest BCUT2D eigenvalue weighted by atomic mass is 35.5. The summed E-state index contributed by atoms with van der Waals surface area (Å²) < 4.78 is 0. The number of carbonyl (C=O) groups excluding carboxylic acids is 1. The molecule has 1 aromatic rings. The van der Waals surface area contributed by atoms with Gasteiger partial charge in [-0.2, -0.15) is 0 Å².